The molecule has 1 aromatic heterocycles. The second-order valence-corrected chi connectivity index (χ2v) is 9.50. The van der Waals surface area contributed by atoms with E-state index in [-0.39, 0.29) is 23.3 Å². The predicted molar refractivity (Wildman–Crippen MR) is 115 cm³/mol. The summed E-state index contributed by atoms with van der Waals surface area (Å²) in [6.07, 6.45) is 6.75. The van der Waals surface area contributed by atoms with E-state index < -0.39 is 0 Å². The van der Waals surface area contributed by atoms with Crippen LogP contribution in [-0.4, -0.2) is 62.2 Å². The van der Waals surface area contributed by atoms with Crippen molar-refractivity contribution < 1.29 is 9.18 Å². The van der Waals surface area contributed by atoms with Gasteiger partial charge in [0.25, 0.3) is 5.91 Å². The summed E-state index contributed by atoms with van der Waals surface area (Å²) in [6, 6.07) is 7.02. The van der Waals surface area contributed by atoms with Crippen molar-refractivity contribution in [1.82, 2.24) is 29.9 Å². The van der Waals surface area contributed by atoms with Gasteiger partial charge in [0, 0.05) is 32.2 Å². The molecule has 0 unspecified atom stereocenters. The van der Waals surface area contributed by atoms with Gasteiger partial charge in [-0.05, 0) is 44.0 Å². The third-order valence-corrected chi connectivity index (χ3v) is 7.34. The van der Waals surface area contributed by atoms with Crippen molar-refractivity contribution in [3.63, 3.8) is 0 Å². The minimum Gasteiger partial charge on any atom is -0.347 e. The van der Waals surface area contributed by atoms with E-state index in [1.165, 1.54) is 31.4 Å². The second-order valence-electron chi connectivity index (χ2n) is 9.50. The average molecular weight is 427 g/mol. The number of amides is 1. The van der Waals surface area contributed by atoms with E-state index in [0.29, 0.717) is 12.4 Å². The van der Waals surface area contributed by atoms with Gasteiger partial charge in [0.05, 0.1) is 12.1 Å². The number of nitrogens with zero attached hydrogens (tertiary/aromatic N) is 5. The molecule has 5 rings (SSSR count). The molecule has 0 bridgehead atoms. The van der Waals surface area contributed by atoms with Gasteiger partial charge in [0.2, 0.25) is 5.82 Å². The van der Waals surface area contributed by atoms with E-state index in [9.17, 15) is 9.18 Å². The van der Waals surface area contributed by atoms with Crippen LogP contribution in [0.4, 0.5) is 4.39 Å². The summed E-state index contributed by atoms with van der Waals surface area (Å²) in [5.41, 5.74) is 1.07. The predicted octanol–water partition coefficient (Wildman–Crippen LogP) is 2.57. The van der Waals surface area contributed by atoms with Gasteiger partial charge >= 0.3 is 0 Å². The Hall–Kier alpha value is -2.32. The van der Waals surface area contributed by atoms with E-state index in [4.69, 9.17) is 0 Å². The van der Waals surface area contributed by atoms with Gasteiger partial charge in [0.1, 0.15) is 11.6 Å². The fraction of sp³-hybridized carbons (Fsp3) is 0.609. The molecular weight excluding hydrogens is 395 g/mol. The van der Waals surface area contributed by atoms with E-state index in [2.05, 4.69) is 32.4 Å². The van der Waals surface area contributed by atoms with Crippen LogP contribution in [0.25, 0.3) is 0 Å². The van der Waals surface area contributed by atoms with Gasteiger partial charge in [-0.15, -0.1) is 10.2 Å². The number of likely N-dealkylation sites (tertiary alicyclic amines) is 1. The third kappa shape index (κ3) is 4.11. The summed E-state index contributed by atoms with van der Waals surface area (Å²) < 4.78 is 15.3. The first-order valence-electron chi connectivity index (χ1n) is 11.4. The van der Waals surface area contributed by atoms with Crippen molar-refractivity contribution >= 4 is 5.91 Å². The lowest BCUT2D eigenvalue weighted by molar-refractivity contribution is 0.0646. The van der Waals surface area contributed by atoms with Gasteiger partial charge in [-0.2, -0.15) is 0 Å². The van der Waals surface area contributed by atoms with E-state index in [1.807, 2.05) is 16.7 Å². The Bertz CT molecular complexity index is 938. The van der Waals surface area contributed by atoms with Crippen molar-refractivity contribution in [1.29, 1.82) is 0 Å². The molecule has 8 heteroatoms. The van der Waals surface area contributed by atoms with E-state index >= 15 is 0 Å². The molecule has 1 saturated heterocycles. The first-order valence-corrected chi connectivity index (χ1v) is 11.4. The zero-order chi connectivity index (χ0) is 21.4. The molecule has 1 aromatic carbocycles. The topological polar surface area (TPSA) is 66.3 Å². The van der Waals surface area contributed by atoms with Gasteiger partial charge in [-0.3, -0.25) is 14.6 Å². The monoisotopic (exact) mass is 426 g/mol. The Morgan fingerprint density at radius 1 is 1.16 bits per heavy atom. The summed E-state index contributed by atoms with van der Waals surface area (Å²) in [4.78, 5) is 17.8. The van der Waals surface area contributed by atoms with E-state index in [1.54, 1.807) is 0 Å². The van der Waals surface area contributed by atoms with Crippen LogP contribution in [0, 0.1) is 5.82 Å². The number of hydrogen-bond acceptors (Lipinski definition) is 5. The highest BCUT2D eigenvalue weighted by atomic mass is 19.1. The molecule has 2 fully saturated rings. The molecule has 31 heavy (non-hydrogen) atoms. The number of hydrogen-bond donors (Lipinski definition) is 1. The quantitative estimate of drug-likeness (QED) is 0.814. The second kappa shape index (κ2) is 8.31. The van der Waals surface area contributed by atoms with Crippen LogP contribution < -0.4 is 5.32 Å². The minimum atomic E-state index is -0.201. The summed E-state index contributed by atoms with van der Waals surface area (Å²) in [6.45, 7) is 4.10. The van der Waals surface area contributed by atoms with Crippen LogP contribution in [0.3, 0.4) is 0 Å². The third-order valence-electron chi connectivity index (χ3n) is 7.34. The summed E-state index contributed by atoms with van der Waals surface area (Å²) in [5.74, 6) is 1.02. The van der Waals surface area contributed by atoms with Crippen LogP contribution in [0.2, 0.25) is 0 Å². The maximum absolute atomic E-state index is 13.2. The Labute approximate surface area is 182 Å². The zero-order valence-corrected chi connectivity index (χ0v) is 18.2. The number of fused-ring (bicyclic) bond motifs is 1. The Kier molecular flexibility index (Phi) is 5.52. The smallest absolute Gasteiger partial charge is 0.289 e. The average Bonchev–Trinajstić information content (AvgIpc) is 3.36. The van der Waals surface area contributed by atoms with E-state index in [0.717, 1.165) is 56.8 Å². The standard InChI is InChI=1S/C23H31FN6O/c1-28-14-20-26-27-21(22(31)25-19-5-3-2-4-6-19)30(20)16-23(28)11-12-29(15-23)13-17-7-9-18(24)10-8-17/h7-10,19H,2-6,11-16H2,1H3,(H,25,31)/t23-/m1/s1. The molecular formula is C23H31FN6O. The SMILES string of the molecule is CN1Cc2nnc(C(=O)NC3CCCCC3)n2C[C@]12CCN(Cc1ccc(F)cc1)C2. The lowest BCUT2D eigenvalue weighted by Crippen LogP contribution is -2.55. The van der Waals surface area contributed by atoms with Crippen molar-refractivity contribution in [3.8, 4) is 0 Å². The molecule has 1 N–H and O–H groups in total. The number of carbonyl (C=O) groups excluding carboxylic acids is 1. The number of carbonyl (C=O) groups is 1. The molecule has 3 heterocycles. The van der Waals surface area contributed by atoms with Crippen molar-refractivity contribution in [3.05, 3.63) is 47.3 Å². The molecule has 3 aliphatic rings. The Morgan fingerprint density at radius 2 is 1.94 bits per heavy atom. The van der Waals surface area contributed by atoms with Crippen molar-refractivity contribution in [2.45, 2.75) is 69.7 Å². The fourth-order valence-corrected chi connectivity index (χ4v) is 5.44. The normalized spacial score (nSPS) is 25.1. The van der Waals surface area contributed by atoms with Crippen LogP contribution >= 0.6 is 0 Å². The highest BCUT2D eigenvalue weighted by Crippen LogP contribution is 2.34. The maximum Gasteiger partial charge on any atom is 0.289 e. The molecule has 0 radical (unpaired) electrons. The molecule has 1 spiro atoms. The molecule has 1 saturated carbocycles. The molecule has 1 atom stereocenters. The van der Waals surface area contributed by atoms with Gasteiger partial charge in [0.15, 0.2) is 0 Å². The minimum absolute atomic E-state index is 0.0464. The first kappa shape index (κ1) is 20.6. The lowest BCUT2D eigenvalue weighted by Gasteiger charge is -2.43. The molecule has 2 aliphatic heterocycles. The number of aromatic nitrogens is 3. The van der Waals surface area contributed by atoms with Crippen LogP contribution in [0.15, 0.2) is 24.3 Å². The number of benzene rings is 1. The molecule has 2 aromatic rings. The van der Waals surface area contributed by atoms with Crippen LogP contribution in [0.1, 0.15) is 60.5 Å². The first-order chi connectivity index (χ1) is 15.0. The number of halogens is 1. The Morgan fingerprint density at radius 3 is 2.71 bits per heavy atom. The molecule has 1 aliphatic carbocycles. The molecule has 166 valence electrons. The van der Waals surface area contributed by atoms with Crippen molar-refractivity contribution in [2.24, 2.45) is 0 Å². The maximum atomic E-state index is 13.2. The molecule has 1 amide bonds. The summed E-state index contributed by atoms with van der Waals surface area (Å²) in [7, 11) is 2.14. The zero-order valence-electron chi connectivity index (χ0n) is 18.2. The number of nitrogens with one attached hydrogen (secondary N) is 1. The highest BCUT2D eigenvalue weighted by Gasteiger charge is 2.46. The van der Waals surface area contributed by atoms with Gasteiger partial charge < -0.3 is 9.88 Å². The summed E-state index contributed by atoms with van der Waals surface area (Å²) >= 11 is 0. The van der Waals surface area contributed by atoms with Gasteiger partial charge in [-0.25, -0.2) is 4.39 Å². The van der Waals surface area contributed by atoms with Crippen LogP contribution in [-0.2, 0) is 19.6 Å². The van der Waals surface area contributed by atoms with Crippen molar-refractivity contribution in [2.75, 3.05) is 20.1 Å². The lowest BCUT2D eigenvalue weighted by atomic mass is 9.94. The molecule has 7 nitrogen and oxygen atoms in total. The fourth-order valence-electron chi connectivity index (χ4n) is 5.44. The highest BCUT2D eigenvalue weighted by molar-refractivity contribution is 5.91. The summed E-state index contributed by atoms with van der Waals surface area (Å²) in [5, 5.41) is 11.8. The number of likely N-dealkylation sites (N-methyl/N-ethyl adjacent to an activating group) is 1. The van der Waals surface area contributed by atoms with Gasteiger partial charge in [-0.1, -0.05) is 31.4 Å². The Balaban J connectivity index is 1.29. The van der Waals surface area contributed by atoms with Crippen LogP contribution in [0.5, 0.6) is 0 Å². The number of rotatable bonds is 4. The largest absolute Gasteiger partial charge is 0.347 e.